The fraction of sp³-hybridized carbons (Fsp3) is 0.591. The summed E-state index contributed by atoms with van der Waals surface area (Å²) in [5, 5.41) is 23.7. The second kappa shape index (κ2) is 8.64. The standard InChI is InChI=1S/C22H29ClN2O4/c23-17-8-5-9-19-20(17)18(10-25(19)16(11-26)12-27)24-21(28)22(13-29-14-22)15-6-3-1-2-4-7-15/h5,8-10,15-16,26-27H,1-4,6-7,11-14H2,(H,24,28). The van der Waals surface area contributed by atoms with E-state index in [4.69, 9.17) is 16.3 Å². The predicted molar refractivity (Wildman–Crippen MR) is 113 cm³/mol. The predicted octanol–water partition coefficient (Wildman–Crippen LogP) is 3.75. The molecule has 29 heavy (non-hydrogen) atoms. The third-order valence-electron chi connectivity index (χ3n) is 6.68. The molecule has 7 heteroatoms. The number of nitrogens with zero attached hydrogens (tertiary/aromatic N) is 1. The Morgan fingerprint density at radius 2 is 1.90 bits per heavy atom. The summed E-state index contributed by atoms with van der Waals surface area (Å²) in [6.07, 6.45) is 8.71. The summed E-state index contributed by atoms with van der Waals surface area (Å²) < 4.78 is 7.31. The van der Waals surface area contributed by atoms with Gasteiger partial charge in [0, 0.05) is 11.6 Å². The quantitative estimate of drug-likeness (QED) is 0.621. The minimum absolute atomic E-state index is 0.0147. The van der Waals surface area contributed by atoms with Gasteiger partial charge < -0.3 is 24.8 Å². The maximum atomic E-state index is 13.5. The molecular formula is C22H29ClN2O4. The molecule has 2 aromatic rings. The van der Waals surface area contributed by atoms with Crippen molar-refractivity contribution in [1.29, 1.82) is 0 Å². The lowest BCUT2D eigenvalue weighted by Crippen LogP contribution is -2.56. The first-order chi connectivity index (χ1) is 14.1. The third-order valence-corrected chi connectivity index (χ3v) is 6.99. The van der Waals surface area contributed by atoms with Gasteiger partial charge in [-0.2, -0.15) is 0 Å². The molecule has 4 rings (SSSR count). The number of nitrogens with one attached hydrogen (secondary N) is 1. The molecule has 1 aliphatic carbocycles. The molecule has 0 unspecified atom stereocenters. The summed E-state index contributed by atoms with van der Waals surface area (Å²) in [7, 11) is 0. The van der Waals surface area contributed by atoms with Crippen molar-refractivity contribution in [3.05, 3.63) is 29.4 Å². The Morgan fingerprint density at radius 3 is 2.48 bits per heavy atom. The van der Waals surface area contributed by atoms with Crippen LogP contribution >= 0.6 is 11.6 Å². The van der Waals surface area contributed by atoms with E-state index in [9.17, 15) is 15.0 Å². The van der Waals surface area contributed by atoms with Gasteiger partial charge in [0.2, 0.25) is 5.91 Å². The van der Waals surface area contributed by atoms with E-state index in [1.165, 1.54) is 25.7 Å². The monoisotopic (exact) mass is 420 g/mol. The Bertz CT molecular complexity index is 865. The molecule has 158 valence electrons. The Kier molecular flexibility index (Phi) is 6.16. The first kappa shape index (κ1) is 20.7. The van der Waals surface area contributed by atoms with Crippen molar-refractivity contribution in [2.45, 2.75) is 44.6 Å². The summed E-state index contributed by atoms with van der Waals surface area (Å²) in [6.45, 7) is 0.512. The highest BCUT2D eigenvalue weighted by atomic mass is 35.5. The number of amides is 1. The van der Waals surface area contributed by atoms with Crippen molar-refractivity contribution in [2.75, 3.05) is 31.7 Å². The van der Waals surface area contributed by atoms with E-state index in [0.29, 0.717) is 29.8 Å². The van der Waals surface area contributed by atoms with Crippen LogP contribution in [0, 0.1) is 11.3 Å². The van der Waals surface area contributed by atoms with E-state index in [1.54, 1.807) is 16.8 Å². The van der Waals surface area contributed by atoms with E-state index in [-0.39, 0.29) is 19.1 Å². The van der Waals surface area contributed by atoms with Gasteiger partial charge in [-0.05, 0) is 30.9 Å². The number of halogens is 1. The largest absolute Gasteiger partial charge is 0.394 e. The number of hydrogen-bond acceptors (Lipinski definition) is 4. The number of aromatic nitrogens is 1. The number of hydrogen-bond donors (Lipinski definition) is 3. The van der Waals surface area contributed by atoms with Crippen LogP contribution in [0.5, 0.6) is 0 Å². The zero-order chi connectivity index (χ0) is 20.4. The van der Waals surface area contributed by atoms with Crippen molar-refractivity contribution in [1.82, 2.24) is 4.57 Å². The van der Waals surface area contributed by atoms with Crippen molar-refractivity contribution < 1.29 is 19.7 Å². The summed E-state index contributed by atoms with van der Waals surface area (Å²) in [4.78, 5) is 13.5. The fourth-order valence-corrected chi connectivity index (χ4v) is 5.12. The zero-order valence-corrected chi connectivity index (χ0v) is 17.3. The molecule has 3 N–H and O–H groups in total. The fourth-order valence-electron chi connectivity index (χ4n) is 4.85. The lowest BCUT2D eigenvalue weighted by atomic mass is 9.69. The van der Waals surface area contributed by atoms with Gasteiger partial charge in [-0.15, -0.1) is 0 Å². The summed E-state index contributed by atoms with van der Waals surface area (Å²) in [5.74, 6) is 0.323. The molecule has 2 heterocycles. The van der Waals surface area contributed by atoms with Crippen LogP contribution in [0.3, 0.4) is 0 Å². The van der Waals surface area contributed by atoms with E-state index in [1.807, 2.05) is 12.1 Å². The van der Waals surface area contributed by atoms with Crippen LogP contribution in [0.2, 0.25) is 5.02 Å². The van der Waals surface area contributed by atoms with Gasteiger partial charge in [-0.25, -0.2) is 0 Å². The second-order valence-electron chi connectivity index (χ2n) is 8.39. The number of rotatable bonds is 6. The molecule has 1 saturated heterocycles. The lowest BCUT2D eigenvalue weighted by Gasteiger charge is -2.45. The number of fused-ring (bicyclic) bond motifs is 1. The van der Waals surface area contributed by atoms with Gasteiger partial charge in [0.25, 0.3) is 0 Å². The van der Waals surface area contributed by atoms with Crippen molar-refractivity contribution in [3.63, 3.8) is 0 Å². The molecule has 0 spiro atoms. The number of aliphatic hydroxyl groups excluding tert-OH is 2. The molecule has 1 aromatic heterocycles. The van der Waals surface area contributed by atoms with Gasteiger partial charge in [0.15, 0.2) is 0 Å². The maximum absolute atomic E-state index is 13.5. The Hall–Kier alpha value is -1.60. The molecule has 1 aromatic carbocycles. The van der Waals surface area contributed by atoms with E-state index >= 15 is 0 Å². The summed E-state index contributed by atoms with van der Waals surface area (Å²) >= 11 is 6.47. The highest BCUT2D eigenvalue weighted by molar-refractivity contribution is 6.36. The summed E-state index contributed by atoms with van der Waals surface area (Å²) in [5.41, 5.74) is 0.907. The van der Waals surface area contributed by atoms with Crippen molar-refractivity contribution >= 4 is 34.1 Å². The minimum atomic E-state index is -0.496. The van der Waals surface area contributed by atoms with Crippen molar-refractivity contribution in [2.24, 2.45) is 11.3 Å². The molecule has 1 aliphatic heterocycles. The molecule has 2 fully saturated rings. The van der Waals surface area contributed by atoms with E-state index in [0.717, 1.165) is 23.7 Å². The highest BCUT2D eigenvalue weighted by Crippen LogP contribution is 2.45. The van der Waals surface area contributed by atoms with Gasteiger partial charge in [0.05, 0.1) is 54.1 Å². The van der Waals surface area contributed by atoms with Crippen LogP contribution in [0.15, 0.2) is 24.4 Å². The lowest BCUT2D eigenvalue weighted by molar-refractivity contribution is -0.170. The highest BCUT2D eigenvalue weighted by Gasteiger charge is 2.51. The zero-order valence-electron chi connectivity index (χ0n) is 16.6. The molecule has 6 nitrogen and oxygen atoms in total. The smallest absolute Gasteiger partial charge is 0.235 e. The SMILES string of the molecule is O=C(Nc1cn(C(CO)CO)c2cccc(Cl)c12)C1(C2CCCCCC2)COC1. The average molecular weight is 421 g/mol. The summed E-state index contributed by atoms with van der Waals surface area (Å²) in [6, 6.07) is 4.99. The Labute approximate surface area is 175 Å². The van der Waals surface area contributed by atoms with Crippen LogP contribution in [0.4, 0.5) is 5.69 Å². The average Bonchev–Trinajstić information content (AvgIpc) is 2.86. The van der Waals surface area contributed by atoms with Gasteiger partial charge in [-0.1, -0.05) is 43.4 Å². The number of ether oxygens (including phenoxy) is 1. The Morgan fingerprint density at radius 1 is 1.21 bits per heavy atom. The number of anilines is 1. The van der Waals surface area contributed by atoms with Gasteiger partial charge in [0.1, 0.15) is 0 Å². The number of aliphatic hydroxyl groups is 2. The maximum Gasteiger partial charge on any atom is 0.235 e. The van der Waals surface area contributed by atoms with Crippen LogP contribution in [0.1, 0.15) is 44.6 Å². The normalized spacial score (nSPS) is 19.9. The van der Waals surface area contributed by atoms with E-state index < -0.39 is 11.5 Å². The molecule has 0 bridgehead atoms. The Balaban J connectivity index is 1.67. The number of carbonyl (C=O) groups excluding carboxylic acids is 1. The first-order valence-electron chi connectivity index (χ1n) is 10.5. The number of carbonyl (C=O) groups is 1. The molecular weight excluding hydrogens is 392 g/mol. The molecule has 1 saturated carbocycles. The topological polar surface area (TPSA) is 83.7 Å². The van der Waals surface area contributed by atoms with Crippen LogP contribution in [-0.2, 0) is 9.53 Å². The van der Waals surface area contributed by atoms with Crippen LogP contribution in [-0.4, -0.2) is 47.1 Å². The molecule has 0 atom stereocenters. The van der Waals surface area contributed by atoms with Crippen molar-refractivity contribution in [3.8, 4) is 0 Å². The molecule has 1 amide bonds. The third kappa shape index (κ3) is 3.67. The number of benzene rings is 1. The second-order valence-corrected chi connectivity index (χ2v) is 8.80. The molecule has 0 radical (unpaired) electrons. The minimum Gasteiger partial charge on any atom is -0.394 e. The first-order valence-corrected chi connectivity index (χ1v) is 10.9. The van der Waals surface area contributed by atoms with Gasteiger partial charge in [-0.3, -0.25) is 4.79 Å². The van der Waals surface area contributed by atoms with Crippen LogP contribution < -0.4 is 5.32 Å². The molecule has 2 aliphatic rings. The van der Waals surface area contributed by atoms with E-state index in [2.05, 4.69) is 5.32 Å². The van der Waals surface area contributed by atoms with Crippen LogP contribution in [0.25, 0.3) is 10.9 Å². The van der Waals surface area contributed by atoms with Gasteiger partial charge >= 0.3 is 0 Å².